The van der Waals surface area contributed by atoms with Crippen molar-refractivity contribution in [1.82, 2.24) is 19.9 Å². The quantitative estimate of drug-likeness (QED) is 0.389. The van der Waals surface area contributed by atoms with Crippen LogP contribution in [-0.2, 0) is 0 Å². The first-order valence-corrected chi connectivity index (χ1v) is 10.7. The van der Waals surface area contributed by atoms with E-state index >= 15 is 0 Å². The highest BCUT2D eigenvalue weighted by Crippen LogP contribution is 2.22. The lowest BCUT2D eigenvalue weighted by Crippen LogP contribution is -2.33. The summed E-state index contributed by atoms with van der Waals surface area (Å²) in [4.78, 5) is 28.9. The minimum atomic E-state index is -0.0710. The second kappa shape index (κ2) is 9.79. The lowest BCUT2D eigenvalue weighted by atomic mass is 10.1. The predicted octanol–water partition coefficient (Wildman–Crippen LogP) is 3.30. The highest BCUT2D eigenvalue weighted by molar-refractivity contribution is 14.1. The molecular weight excluding hydrogens is 465 g/mol. The largest absolute Gasteiger partial charge is 0.369 e. The second-order valence-corrected chi connectivity index (χ2v) is 7.82. The number of aromatic nitrogens is 3. The average Bonchev–Trinajstić information content (AvgIpc) is 2.71. The van der Waals surface area contributed by atoms with E-state index in [-0.39, 0.29) is 5.43 Å². The molecule has 0 fully saturated rings. The molecule has 0 aromatic carbocycles. The lowest BCUT2D eigenvalue weighted by molar-refractivity contribution is 0.414. The van der Waals surface area contributed by atoms with Crippen molar-refractivity contribution in [1.29, 1.82) is 0 Å². The molecule has 0 aliphatic heterocycles. The van der Waals surface area contributed by atoms with Gasteiger partial charge in [0.25, 0.3) is 0 Å². The molecule has 3 heterocycles. The van der Waals surface area contributed by atoms with Gasteiger partial charge in [0.1, 0.15) is 0 Å². The Bertz CT molecular complexity index is 958. The first-order chi connectivity index (χ1) is 13.6. The third-order valence-corrected chi connectivity index (χ3v) is 4.82. The SMILES string of the molecule is CN(C)CCN(CCI)c1ccnc(-c2cc(=O)cc(-c3ccccn3)[nH]2)c1. The molecule has 146 valence electrons. The van der Waals surface area contributed by atoms with Gasteiger partial charge in [-0.25, -0.2) is 0 Å². The molecule has 0 amide bonds. The normalized spacial score (nSPS) is 11.0. The van der Waals surface area contributed by atoms with Crippen molar-refractivity contribution < 1.29 is 0 Å². The molecule has 0 unspecified atom stereocenters. The lowest BCUT2D eigenvalue weighted by Gasteiger charge is -2.26. The average molecular weight is 489 g/mol. The zero-order chi connectivity index (χ0) is 19.9. The number of nitrogens with zero attached hydrogens (tertiary/aromatic N) is 4. The van der Waals surface area contributed by atoms with Crippen molar-refractivity contribution in [3.8, 4) is 22.8 Å². The van der Waals surface area contributed by atoms with Crippen molar-refractivity contribution in [3.63, 3.8) is 0 Å². The highest BCUT2D eigenvalue weighted by atomic mass is 127. The van der Waals surface area contributed by atoms with Gasteiger partial charge in [0.15, 0.2) is 5.43 Å². The smallest absolute Gasteiger partial charge is 0.182 e. The van der Waals surface area contributed by atoms with E-state index < -0.39 is 0 Å². The molecule has 1 N–H and O–H groups in total. The predicted molar refractivity (Wildman–Crippen MR) is 123 cm³/mol. The van der Waals surface area contributed by atoms with Gasteiger partial charge >= 0.3 is 0 Å². The fourth-order valence-electron chi connectivity index (χ4n) is 2.90. The first-order valence-electron chi connectivity index (χ1n) is 9.14. The third-order valence-electron chi connectivity index (χ3n) is 4.34. The van der Waals surface area contributed by atoms with Crippen LogP contribution in [0.25, 0.3) is 22.8 Å². The maximum Gasteiger partial charge on any atom is 0.182 e. The summed E-state index contributed by atoms with van der Waals surface area (Å²) in [6.45, 7) is 2.87. The van der Waals surface area contributed by atoms with Gasteiger partial charge in [-0.3, -0.25) is 14.8 Å². The number of anilines is 1. The van der Waals surface area contributed by atoms with Gasteiger partial charge in [-0.1, -0.05) is 28.7 Å². The molecule has 0 saturated carbocycles. The van der Waals surface area contributed by atoms with Crippen LogP contribution in [-0.4, -0.2) is 58.0 Å². The Morgan fingerprint density at radius 2 is 1.68 bits per heavy atom. The minimum absolute atomic E-state index is 0.0710. The number of nitrogens with one attached hydrogen (secondary N) is 1. The number of pyridine rings is 3. The standard InChI is InChI=1S/C21H24IN5O/c1-26(2)11-12-27(10-7-22)16-6-9-24-19(13-16)21-15-17(28)14-20(25-21)18-5-3-4-8-23-18/h3-6,8-9,13-15H,7,10-12H2,1-2H3,(H,25,28). The van der Waals surface area contributed by atoms with E-state index in [1.54, 1.807) is 24.5 Å². The van der Waals surface area contributed by atoms with E-state index in [4.69, 9.17) is 0 Å². The zero-order valence-electron chi connectivity index (χ0n) is 16.1. The Hall–Kier alpha value is -2.26. The van der Waals surface area contributed by atoms with Crippen LogP contribution < -0.4 is 10.3 Å². The summed E-state index contributed by atoms with van der Waals surface area (Å²) in [5, 5.41) is 0. The van der Waals surface area contributed by atoms with Gasteiger partial charge in [-0.2, -0.15) is 0 Å². The topological polar surface area (TPSA) is 65.1 Å². The molecule has 3 aromatic heterocycles. The highest BCUT2D eigenvalue weighted by Gasteiger charge is 2.11. The molecule has 0 radical (unpaired) electrons. The number of halogens is 1. The molecule has 28 heavy (non-hydrogen) atoms. The van der Waals surface area contributed by atoms with E-state index in [2.05, 4.69) is 61.4 Å². The van der Waals surface area contributed by atoms with E-state index in [0.29, 0.717) is 11.4 Å². The number of alkyl halides is 1. The molecule has 3 rings (SSSR count). The summed E-state index contributed by atoms with van der Waals surface area (Å²) in [7, 11) is 4.15. The number of hydrogen-bond donors (Lipinski definition) is 1. The van der Waals surface area contributed by atoms with E-state index in [1.807, 2.05) is 30.3 Å². The third kappa shape index (κ3) is 5.39. The molecule has 0 atom stereocenters. The van der Waals surface area contributed by atoms with Crippen molar-refractivity contribution in [2.75, 3.05) is 43.1 Å². The number of H-pyrrole nitrogens is 1. The molecule has 3 aromatic rings. The fraction of sp³-hybridized carbons (Fsp3) is 0.286. The van der Waals surface area contributed by atoms with E-state index in [1.165, 1.54) is 0 Å². The summed E-state index contributed by atoms with van der Waals surface area (Å²) in [5.74, 6) is 0. The minimum Gasteiger partial charge on any atom is -0.369 e. The van der Waals surface area contributed by atoms with Crippen LogP contribution >= 0.6 is 22.6 Å². The van der Waals surface area contributed by atoms with Crippen molar-refractivity contribution in [2.24, 2.45) is 0 Å². The van der Waals surface area contributed by atoms with Crippen LogP contribution in [0.2, 0.25) is 0 Å². The van der Waals surface area contributed by atoms with Gasteiger partial charge in [0.05, 0.1) is 22.8 Å². The Morgan fingerprint density at radius 1 is 0.929 bits per heavy atom. The molecule has 0 aliphatic carbocycles. The van der Waals surface area contributed by atoms with Gasteiger partial charge < -0.3 is 14.8 Å². The number of rotatable bonds is 8. The summed E-state index contributed by atoms with van der Waals surface area (Å²) >= 11 is 2.40. The van der Waals surface area contributed by atoms with Crippen LogP contribution in [0.15, 0.2) is 59.7 Å². The monoisotopic (exact) mass is 489 g/mol. The van der Waals surface area contributed by atoms with Crippen LogP contribution in [0.4, 0.5) is 5.69 Å². The maximum absolute atomic E-state index is 12.3. The van der Waals surface area contributed by atoms with Crippen LogP contribution in [0, 0.1) is 0 Å². The molecule has 6 nitrogen and oxygen atoms in total. The Kier molecular flexibility index (Phi) is 7.16. The maximum atomic E-state index is 12.3. The molecule has 0 aliphatic rings. The van der Waals surface area contributed by atoms with Crippen LogP contribution in [0.1, 0.15) is 0 Å². The van der Waals surface area contributed by atoms with Crippen molar-refractivity contribution in [3.05, 3.63) is 65.1 Å². The number of aromatic amines is 1. The summed E-state index contributed by atoms with van der Waals surface area (Å²) in [6.07, 6.45) is 3.51. The van der Waals surface area contributed by atoms with Gasteiger partial charge in [0.2, 0.25) is 0 Å². The first kappa shape index (κ1) is 20.5. The van der Waals surface area contributed by atoms with Gasteiger partial charge in [0, 0.05) is 54.3 Å². The molecule has 7 heteroatoms. The number of likely N-dealkylation sites (N-methyl/N-ethyl adjacent to an activating group) is 1. The molecule has 0 bridgehead atoms. The Labute approximate surface area is 178 Å². The van der Waals surface area contributed by atoms with Crippen molar-refractivity contribution >= 4 is 28.3 Å². The van der Waals surface area contributed by atoms with Gasteiger partial charge in [-0.15, -0.1) is 0 Å². The van der Waals surface area contributed by atoms with Crippen LogP contribution in [0.5, 0.6) is 0 Å². The van der Waals surface area contributed by atoms with E-state index in [0.717, 1.165) is 41.1 Å². The fourth-order valence-corrected chi connectivity index (χ4v) is 3.48. The van der Waals surface area contributed by atoms with E-state index in [9.17, 15) is 4.79 Å². The Balaban J connectivity index is 1.95. The van der Waals surface area contributed by atoms with Gasteiger partial charge in [-0.05, 0) is 38.4 Å². The molecular formula is C21H24IN5O. The Morgan fingerprint density at radius 3 is 2.36 bits per heavy atom. The second-order valence-electron chi connectivity index (χ2n) is 6.74. The molecule has 0 saturated heterocycles. The zero-order valence-corrected chi connectivity index (χ0v) is 18.3. The molecule has 0 spiro atoms. The van der Waals surface area contributed by atoms with Crippen LogP contribution in [0.3, 0.4) is 0 Å². The van der Waals surface area contributed by atoms with Crippen molar-refractivity contribution in [2.45, 2.75) is 0 Å². The summed E-state index contributed by atoms with van der Waals surface area (Å²) in [6, 6.07) is 12.8. The summed E-state index contributed by atoms with van der Waals surface area (Å²) < 4.78 is 1.04. The number of hydrogen-bond acceptors (Lipinski definition) is 5. The summed E-state index contributed by atoms with van der Waals surface area (Å²) in [5.41, 5.74) is 3.89.